The second-order valence-electron chi connectivity index (χ2n) is 5.50. The summed E-state index contributed by atoms with van der Waals surface area (Å²) in [7, 11) is 0. The molecule has 2 aromatic rings. The molecular weight excluding hydrogens is 450 g/mol. The van der Waals surface area contributed by atoms with Crippen LogP contribution in [0.25, 0.3) is 0 Å². The molecule has 0 spiro atoms. The molecule has 1 heterocycles. The van der Waals surface area contributed by atoms with Gasteiger partial charge in [0, 0.05) is 19.2 Å². The zero-order valence-corrected chi connectivity index (χ0v) is 17.6. The minimum atomic E-state index is -0.312. The normalized spacial score (nSPS) is 12.2. The molecule has 0 radical (unpaired) electrons. The highest BCUT2D eigenvalue weighted by Crippen LogP contribution is 2.13. The van der Waals surface area contributed by atoms with Crippen LogP contribution in [0, 0.1) is 5.82 Å². The fraction of sp³-hybridized carbons (Fsp3) is 0.471. The molecule has 0 saturated heterocycles. The van der Waals surface area contributed by atoms with Gasteiger partial charge in [-0.15, -0.1) is 34.2 Å². The molecule has 1 unspecified atom stereocenters. The largest absolute Gasteiger partial charge is 0.489 e. The van der Waals surface area contributed by atoms with Crippen LogP contribution in [0.15, 0.2) is 35.6 Å². The van der Waals surface area contributed by atoms with Gasteiger partial charge in [0.05, 0.1) is 6.54 Å². The third-order valence-electron chi connectivity index (χ3n) is 3.45. The molecule has 0 aliphatic carbocycles. The van der Waals surface area contributed by atoms with E-state index in [-0.39, 0.29) is 35.9 Å². The highest BCUT2D eigenvalue weighted by Gasteiger charge is 2.07. The highest BCUT2D eigenvalue weighted by atomic mass is 127. The Morgan fingerprint density at radius 2 is 2.15 bits per heavy atom. The lowest BCUT2D eigenvalue weighted by molar-refractivity contribution is 0.223. The predicted octanol–water partition coefficient (Wildman–Crippen LogP) is 2.58. The topological polar surface area (TPSA) is 76.4 Å². The summed E-state index contributed by atoms with van der Waals surface area (Å²) < 4.78 is 20.8. The van der Waals surface area contributed by atoms with E-state index in [1.54, 1.807) is 18.5 Å². The highest BCUT2D eigenvalue weighted by molar-refractivity contribution is 14.0. The van der Waals surface area contributed by atoms with Gasteiger partial charge in [-0.25, -0.2) is 9.38 Å². The summed E-state index contributed by atoms with van der Waals surface area (Å²) in [5.41, 5.74) is 0. The number of nitrogens with one attached hydrogen (secondary N) is 2. The number of nitrogens with zero attached hydrogens (tertiary/aromatic N) is 4. The molecule has 9 heteroatoms. The van der Waals surface area contributed by atoms with Crippen molar-refractivity contribution in [2.45, 2.75) is 40.0 Å². The lowest BCUT2D eigenvalue weighted by atomic mass is 10.3. The van der Waals surface area contributed by atoms with Crippen LogP contribution in [-0.2, 0) is 13.1 Å². The Labute approximate surface area is 170 Å². The summed E-state index contributed by atoms with van der Waals surface area (Å²) >= 11 is 0. The fourth-order valence-electron chi connectivity index (χ4n) is 2.21. The van der Waals surface area contributed by atoms with Crippen molar-refractivity contribution in [1.29, 1.82) is 0 Å². The molecular formula is C17H26FIN6O. The number of ether oxygens (including phenoxy) is 1. The van der Waals surface area contributed by atoms with E-state index in [1.807, 2.05) is 25.3 Å². The summed E-state index contributed by atoms with van der Waals surface area (Å²) in [5, 5.41) is 14.4. The van der Waals surface area contributed by atoms with Crippen LogP contribution in [0.5, 0.6) is 5.75 Å². The van der Waals surface area contributed by atoms with Gasteiger partial charge in [-0.3, -0.25) is 0 Å². The van der Waals surface area contributed by atoms with E-state index >= 15 is 0 Å². The van der Waals surface area contributed by atoms with E-state index in [0.717, 1.165) is 18.9 Å². The Balaban J connectivity index is 0.00000338. The molecule has 1 aromatic carbocycles. The molecule has 2 rings (SSSR count). The van der Waals surface area contributed by atoms with E-state index < -0.39 is 0 Å². The third-order valence-corrected chi connectivity index (χ3v) is 3.45. The molecule has 0 bridgehead atoms. The van der Waals surface area contributed by atoms with Gasteiger partial charge < -0.3 is 19.9 Å². The zero-order chi connectivity index (χ0) is 18.1. The van der Waals surface area contributed by atoms with E-state index in [2.05, 4.69) is 25.8 Å². The van der Waals surface area contributed by atoms with Gasteiger partial charge in [-0.2, -0.15) is 0 Å². The van der Waals surface area contributed by atoms with Crippen molar-refractivity contribution in [2.24, 2.45) is 4.99 Å². The third kappa shape index (κ3) is 7.14. The maximum atomic E-state index is 13.2. The molecule has 0 aliphatic rings. The summed E-state index contributed by atoms with van der Waals surface area (Å²) in [6.07, 6.45) is 1.55. The standard InChI is InChI=1S/C17H25FN6O.HI/c1-4-19-17(21-11-16-23-22-12-24(16)5-2)20-10-13(3)25-15-8-6-7-14(18)9-15;/h6-9,12-13H,4-5,10-11H2,1-3H3,(H2,19,20,21);1H. The van der Waals surface area contributed by atoms with E-state index in [1.165, 1.54) is 12.1 Å². The lowest BCUT2D eigenvalue weighted by Crippen LogP contribution is -2.41. The first-order valence-corrected chi connectivity index (χ1v) is 8.43. The molecule has 2 N–H and O–H groups in total. The van der Waals surface area contributed by atoms with Gasteiger partial charge in [0.2, 0.25) is 0 Å². The number of rotatable bonds is 8. The van der Waals surface area contributed by atoms with Gasteiger partial charge >= 0.3 is 0 Å². The Hall–Kier alpha value is -1.91. The predicted molar refractivity (Wildman–Crippen MR) is 110 cm³/mol. The van der Waals surface area contributed by atoms with Gasteiger partial charge in [0.25, 0.3) is 0 Å². The van der Waals surface area contributed by atoms with Crippen LogP contribution in [0.2, 0.25) is 0 Å². The van der Waals surface area contributed by atoms with Crippen molar-refractivity contribution in [1.82, 2.24) is 25.4 Å². The molecule has 0 amide bonds. The lowest BCUT2D eigenvalue weighted by Gasteiger charge is -2.17. The van der Waals surface area contributed by atoms with Crippen molar-refractivity contribution in [3.63, 3.8) is 0 Å². The van der Waals surface area contributed by atoms with E-state index in [9.17, 15) is 4.39 Å². The smallest absolute Gasteiger partial charge is 0.191 e. The maximum Gasteiger partial charge on any atom is 0.191 e. The Morgan fingerprint density at radius 1 is 1.35 bits per heavy atom. The molecule has 26 heavy (non-hydrogen) atoms. The Bertz CT molecular complexity index is 693. The number of benzene rings is 1. The van der Waals surface area contributed by atoms with E-state index in [4.69, 9.17) is 4.74 Å². The summed E-state index contributed by atoms with van der Waals surface area (Å²) in [5.74, 6) is 1.67. The van der Waals surface area contributed by atoms with Crippen LogP contribution in [-0.4, -0.2) is 39.9 Å². The minimum absolute atomic E-state index is 0. The molecule has 1 atom stereocenters. The fourth-order valence-corrected chi connectivity index (χ4v) is 2.21. The first-order chi connectivity index (χ1) is 12.1. The van der Waals surface area contributed by atoms with Gasteiger partial charge in [-0.1, -0.05) is 6.07 Å². The maximum absolute atomic E-state index is 13.2. The molecule has 1 aromatic heterocycles. The SMILES string of the molecule is CCNC(=NCc1nncn1CC)NCC(C)Oc1cccc(F)c1.I. The summed E-state index contributed by atoms with van der Waals surface area (Å²) in [6, 6.07) is 6.12. The number of halogens is 2. The number of aliphatic imine (C=N–C) groups is 1. The van der Waals surface area contributed by atoms with Gasteiger partial charge in [-0.05, 0) is 32.9 Å². The average molecular weight is 476 g/mol. The molecule has 0 aliphatic heterocycles. The number of aromatic nitrogens is 3. The first kappa shape index (κ1) is 22.1. The van der Waals surface area contributed by atoms with Crippen molar-refractivity contribution in [3.05, 3.63) is 42.2 Å². The van der Waals surface area contributed by atoms with Crippen LogP contribution in [0.3, 0.4) is 0 Å². The van der Waals surface area contributed by atoms with Crippen LogP contribution < -0.4 is 15.4 Å². The second kappa shape index (κ2) is 11.7. The quantitative estimate of drug-likeness (QED) is 0.348. The molecule has 0 fully saturated rings. The Morgan fingerprint density at radius 3 is 2.85 bits per heavy atom. The molecule has 144 valence electrons. The van der Waals surface area contributed by atoms with Crippen LogP contribution in [0.1, 0.15) is 26.6 Å². The Kier molecular flexibility index (Phi) is 9.92. The number of hydrogen-bond acceptors (Lipinski definition) is 4. The van der Waals surface area contributed by atoms with Crippen molar-refractivity contribution in [2.75, 3.05) is 13.1 Å². The number of aryl methyl sites for hydroxylation is 1. The summed E-state index contributed by atoms with van der Waals surface area (Å²) in [4.78, 5) is 4.51. The zero-order valence-electron chi connectivity index (χ0n) is 15.3. The van der Waals surface area contributed by atoms with Crippen LogP contribution in [0.4, 0.5) is 4.39 Å². The van der Waals surface area contributed by atoms with Crippen molar-refractivity contribution >= 4 is 29.9 Å². The van der Waals surface area contributed by atoms with Gasteiger partial charge in [0.1, 0.15) is 30.5 Å². The first-order valence-electron chi connectivity index (χ1n) is 8.43. The number of hydrogen-bond donors (Lipinski definition) is 2. The molecule has 0 saturated carbocycles. The van der Waals surface area contributed by atoms with Crippen LogP contribution >= 0.6 is 24.0 Å². The monoisotopic (exact) mass is 476 g/mol. The second-order valence-corrected chi connectivity index (χ2v) is 5.50. The molecule has 7 nitrogen and oxygen atoms in total. The van der Waals surface area contributed by atoms with Crippen molar-refractivity contribution in [3.8, 4) is 5.75 Å². The van der Waals surface area contributed by atoms with E-state index in [0.29, 0.717) is 24.8 Å². The minimum Gasteiger partial charge on any atom is -0.489 e. The average Bonchev–Trinajstić information content (AvgIpc) is 3.05. The number of guanidine groups is 1. The van der Waals surface area contributed by atoms with Crippen molar-refractivity contribution < 1.29 is 9.13 Å². The summed E-state index contributed by atoms with van der Waals surface area (Å²) in [6.45, 7) is 8.45. The van der Waals surface area contributed by atoms with Gasteiger partial charge in [0.15, 0.2) is 11.8 Å².